The first-order chi connectivity index (χ1) is 10.0. The average molecular weight is 283 g/mol. The van der Waals surface area contributed by atoms with E-state index in [9.17, 15) is 0 Å². The maximum Gasteiger partial charge on any atom is 0.124 e. The van der Waals surface area contributed by atoms with Crippen LogP contribution in [0.3, 0.4) is 0 Å². The van der Waals surface area contributed by atoms with Crippen LogP contribution in [0.25, 0.3) is 11.1 Å². The Bertz CT molecular complexity index is 594. The van der Waals surface area contributed by atoms with Crippen LogP contribution in [0.5, 0.6) is 5.75 Å². The van der Waals surface area contributed by atoms with Crippen LogP contribution in [0.1, 0.15) is 30.5 Å². The fourth-order valence-corrected chi connectivity index (χ4v) is 2.70. The molecule has 2 rings (SSSR count). The number of ether oxygens (including phenoxy) is 1. The van der Waals surface area contributed by atoms with E-state index >= 15 is 0 Å². The zero-order chi connectivity index (χ0) is 15.4. The third kappa shape index (κ3) is 3.64. The van der Waals surface area contributed by atoms with Crippen molar-refractivity contribution in [2.45, 2.75) is 40.3 Å². The van der Waals surface area contributed by atoms with Gasteiger partial charge in [0, 0.05) is 12.6 Å². The molecule has 0 amide bonds. The second-order valence-electron chi connectivity index (χ2n) is 5.84. The van der Waals surface area contributed by atoms with E-state index in [2.05, 4.69) is 69.4 Å². The Hall–Kier alpha value is -1.80. The topological polar surface area (TPSA) is 21.3 Å². The lowest BCUT2D eigenvalue weighted by atomic mass is 9.95. The van der Waals surface area contributed by atoms with E-state index in [-0.39, 0.29) is 0 Å². The van der Waals surface area contributed by atoms with E-state index < -0.39 is 0 Å². The van der Waals surface area contributed by atoms with Crippen molar-refractivity contribution in [1.82, 2.24) is 5.32 Å². The second-order valence-corrected chi connectivity index (χ2v) is 5.84. The smallest absolute Gasteiger partial charge is 0.124 e. The number of nitrogens with one attached hydrogen (secondary N) is 1. The molecule has 0 aliphatic carbocycles. The highest BCUT2D eigenvalue weighted by molar-refractivity contribution is 5.70. The Balaban J connectivity index is 2.42. The first-order valence-electron chi connectivity index (χ1n) is 7.49. The number of hydrogen-bond donors (Lipinski definition) is 1. The van der Waals surface area contributed by atoms with Crippen LogP contribution in [0.4, 0.5) is 0 Å². The first-order valence-corrected chi connectivity index (χ1v) is 7.49. The summed E-state index contributed by atoms with van der Waals surface area (Å²) in [5.41, 5.74) is 6.24. The number of methoxy groups -OCH3 is 1. The minimum absolute atomic E-state index is 0.484. The summed E-state index contributed by atoms with van der Waals surface area (Å²) >= 11 is 0. The molecule has 112 valence electrons. The summed E-state index contributed by atoms with van der Waals surface area (Å²) in [4.78, 5) is 0. The van der Waals surface area contributed by atoms with Crippen LogP contribution in [-0.4, -0.2) is 13.2 Å². The molecule has 0 unspecified atom stereocenters. The van der Waals surface area contributed by atoms with Crippen molar-refractivity contribution in [2.24, 2.45) is 0 Å². The van der Waals surface area contributed by atoms with Crippen LogP contribution in [-0.2, 0) is 6.54 Å². The highest BCUT2D eigenvalue weighted by atomic mass is 16.5. The van der Waals surface area contributed by atoms with Crippen LogP contribution < -0.4 is 10.1 Å². The monoisotopic (exact) mass is 283 g/mol. The molecule has 0 radical (unpaired) electrons. The van der Waals surface area contributed by atoms with Crippen molar-refractivity contribution in [1.29, 1.82) is 0 Å². The van der Waals surface area contributed by atoms with Gasteiger partial charge in [-0.25, -0.2) is 0 Å². The first kappa shape index (κ1) is 15.6. The predicted molar refractivity (Wildman–Crippen MR) is 89.9 cm³/mol. The van der Waals surface area contributed by atoms with Crippen LogP contribution in [0, 0.1) is 13.8 Å². The van der Waals surface area contributed by atoms with Crippen LogP contribution in [0.2, 0.25) is 0 Å². The van der Waals surface area contributed by atoms with Gasteiger partial charge >= 0.3 is 0 Å². The lowest BCUT2D eigenvalue weighted by molar-refractivity contribution is 0.408. The summed E-state index contributed by atoms with van der Waals surface area (Å²) < 4.78 is 5.46. The van der Waals surface area contributed by atoms with E-state index in [4.69, 9.17) is 4.74 Å². The quantitative estimate of drug-likeness (QED) is 0.873. The molecule has 2 nitrogen and oxygen atoms in total. The molecule has 0 heterocycles. The van der Waals surface area contributed by atoms with Gasteiger partial charge < -0.3 is 10.1 Å². The minimum Gasteiger partial charge on any atom is -0.496 e. The minimum atomic E-state index is 0.484. The van der Waals surface area contributed by atoms with Gasteiger partial charge in [0.2, 0.25) is 0 Å². The molecule has 1 N–H and O–H groups in total. The molecule has 0 aromatic heterocycles. The zero-order valence-corrected chi connectivity index (χ0v) is 13.7. The molecule has 0 fully saturated rings. The van der Waals surface area contributed by atoms with Crippen molar-refractivity contribution in [2.75, 3.05) is 7.11 Å². The van der Waals surface area contributed by atoms with Gasteiger partial charge in [-0.3, -0.25) is 0 Å². The number of hydrogen-bond acceptors (Lipinski definition) is 2. The van der Waals surface area contributed by atoms with Crippen molar-refractivity contribution >= 4 is 0 Å². The van der Waals surface area contributed by atoms with Gasteiger partial charge in [0.05, 0.1) is 7.11 Å². The second kappa shape index (κ2) is 6.77. The van der Waals surface area contributed by atoms with E-state index in [1.165, 1.54) is 27.8 Å². The standard InChI is InChI=1S/C19H25NO/c1-13(2)20-12-16-8-6-7-9-18(16)17-10-14(3)19(21-5)15(4)11-17/h6-11,13,20H,12H2,1-5H3. The molecule has 0 bridgehead atoms. The maximum absolute atomic E-state index is 5.46. The van der Waals surface area contributed by atoms with Crippen molar-refractivity contribution in [3.63, 3.8) is 0 Å². The lowest BCUT2D eigenvalue weighted by Gasteiger charge is -2.15. The maximum atomic E-state index is 5.46. The molecule has 2 aromatic rings. The highest BCUT2D eigenvalue weighted by Gasteiger charge is 2.10. The van der Waals surface area contributed by atoms with Gasteiger partial charge in [-0.05, 0) is 53.8 Å². The molecule has 0 saturated carbocycles. The largest absolute Gasteiger partial charge is 0.496 e. The van der Waals surface area contributed by atoms with Gasteiger partial charge in [0.15, 0.2) is 0 Å². The Morgan fingerprint density at radius 1 is 1.05 bits per heavy atom. The van der Waals surface area contributed by atoms with Crippen molar-refractivity contribution < 1.29 is 4.74 Å². The fraction of sp³-hybridized carbons (Fsp3) is 0.368. The molecule has 21 heavy (non-hydrogen) atoms. The van der Waals surface area contributed by atoms with Gasteiger partial charge in [-0.2, -0.15) is 0 Å². The normalized spacial score (nSPS) is 11.0. The van der Waals surface area contributed by atoms with Crippen molar-refractivity contribution in [3.8, 4) is 16.9 Å². The summed E-state index contributed by atoms with van der Waals surface area (Å²) in [6.45, 7) is 9.43. The molecule has 0 spiro atoms. The summed E-state index contributed by atoms with van der Waals surface area (Å²) in [7, 11) is 1.73. The number of aryl methyl sites for hydroxylation is 2. The van der Waals surface area contributed by atoms with Crippen LogP contribution in [0.15, 0.2) is 36.4 Å². The molecule has 0 atom stereocenters. The zero-order valence-electron chi connectivity index (χ0n) is 13.7. The lowest BCUT2D eigenvalue weighted by Crippen LogP contribution is -2.22. The van der Waals surface area contributed by atoms with Gasteiger partial charge in [-0.1, -0.05) is 38.1 Å². The molecule has 0 aliphatic rings. The predicted octanol–water partition coefficient (Wildman–Crippen LogP) is 4.48. The third-order valence-corrected chi connectivity index (χ3v) is 3.69. The van der Waals surface area contributed by atoms with E-state index in [1.807, 2.05) is 0 Å². The third-order valence-electron chi connectivity index (χ3n) is 3.69. The van der Waals surface area contributed by atoms with E-state index in [0.29, 0.717) is 6.04 Å². The Morgan fingerprint density at radius 3 is 2.24 bits per heavy atom. The molecular weight excluding hydrogens is 258 g/mol. The molecule has 0 aliphatic heterocycles. The fourth-order valence-electron chi connectivity index (χ4n) is 2.70. The van der Waals surface area contributed by atoms with Gasteiger partial charge in [-0.15, -0.1) is 0 Å². The van der Waals surface area contributed by atoms with Gasteiger partial charge in [0.1, 0.15) is 5.75 Å². The molecule has 0 saturated heterocycles. The SMILES string of the molecule is COc1c(C)cc(-c2ccccc2CNC(C)C)cc1C. The molecule has 2 aromatic carbocycles. The average Bonchev–Trinajstić information content (AvgIpc) is 2.45. The Morgan fingerprint density at radius 2 is 1.67 bits per heavy atom. The summed E-state index contributed by atoms with van der Waals surface area (Å²) in [6.07, 6.45) is 0. The van der Waals surface area contributed by atoms with Crippen LogP contribution >= 0.6 is 0 Å². The van der Waals surface area contributed by atoms with Gasteiger partial charge in [0.25, 0.3) is 0 Å². The summed E-state index contributed by atoms with van der Waals surface area (Å²) in [5.74, 6) is 0.983. The van der Waals surface area contributed by atoms with Crippen molar-refractivity contribution in [3.05, 3.63) is 53.1 Å². The molecular formula is C19H25NO. The van der Waals surface area contributed by atoms with E-state index in [0.717, 1.165) is 12.3 Å². The number of rotatable bonds is 5. The number of benzene rings is 2. The molecule has 2 heteroatoms. The van der Waals surface area contributed by atoms with E-state index in [1.54, 1.807) is 7.11 Å². The summed E-state index contributed by atoms with van der Waals surface area (Å²) in [5, 5.41) is 3.50. The highest BCUT2D eigenvalue weighted by Crippen LogP contribution is 2.31. The Kier molecular flexibility index (Phi) is 5.03. The summed E-state index contributed by atoms with van der Waals surface area (Å²) in [6, 6.07) is 13.5. The Labute approximate surface area is 128 Å².